The zero-order chi connectivity index (χ0) is 19.1. The van der Waals surface area contributed by atoms with E-state index in [1.165, 1.54) is 36.1 Å². The predicted octanol–water partition coefficient (Wildman–Crippen LogP) is 4.30. The maximum Gasteiger partial charge on any atom is 0.410 e. The molecule has 1 aliphatic carbocycles. The summed E-state index contributed by atoms with van der Waals surface area (Å²) >= 11 is 0. The van der Waals surface area contributed by atoms with Crippen molar-refractivity contribution in [2.45, 2.75) is 44.4 Å². The minimum atomic E-state index is -0.238. The van der Waals surface area contributed by atoms with Crippen LogP contribution in [0.5, 0.6) is 5.75 Å². The summed E-state index contributed by atoms with van der Waals surface area (Å²) < 4.78 is 11.3. The molecule has 2 unspecified atom stereocenters. The smallest absolute Gasteiger partial charge is 0.410 e. The molecule has 5 nitrogen and oxygen atoms in total. The number of hydrogen-bond donors (Lipinski definition) is 0. The van der Waals surface area contributed by atoms with Crippen LogP contribution in [-0.4, -0.2) is 37.2 Å². The Morgan fingerprint density at radius 3 is 2.79 bits per heavy atom. The predicted molar refractivity (Wildman–Crippen MR) is 108 cm³/mol. The van der Waals surface area contributed by atoms with Gasteiger partial charge in [0.1, 0.15) is 12.4 Å². The lowest BCUT2D eigenvalue weighted by atomic mass is 9.94. The molecule has 0 saturated heterocycles. The number of fused-ring (bicyclic) bond motifs is 3. The van der Waals surface area contributed by atoms with E-state index >= 15 is 0 Å². The second kappa shape index (κ2) is 7.04. The molecule has 2 heterocycles. The van der Waals surface area contributed by atoms with Crippen LogP contribution in [0.4, 0.5) is 10.5 Å². The highest BCUT2D eigenvalue weighted by atomic mass is 16.6. The van der Waals surface area contributed by atoms with Gasteiger partial charge < -0.3 is 19.3 Å². The van der Waals surface area contributed by atoms with Crippen molar-refractivity contribution < 1.29 is 14.3 Å². The van der Waals surface area contributed by atoms with Crippen LogP contribution in [0.3, 0.4) is 0 Å². The summed E-state index contributed by atoms with van der Waals surface area (Å²) in [6.07, 6.45) is 3.48. The van der Waals surface area contributed by atoms with Gasteiger partial charge in [0.25, 0.3) is 0 Å². The molecule has 2 aliphatic heterocycles. The zero-order valence-corrected chi connectivity index (χ0v) is 16.3. The molecule has 0 bridgehead atoms. The molecule has 28 heavy (non-hydrogen) atoms. The van der Waals surface area contributed by atoms with Crippen molar-refractivity contribution in [3.63, 3.8) is 0 Å². The third kappa shape index (κ3) is 2.81. The van der Waals surface area contributed by atoms with Gasteiger partial charge in [-0.25, -0.2) is 4.79 Å². The van der Waals surface area contributed by atoms with E-state index in [-0.39, 0.29) is 6.09 Å². The third-order valence-electron chi connectivity index (χ3n) is 6.45. The highest BCUT2D eigenvalue weighted by molar-refractivity contribution is 5.74. The average Bonchev–Trinajstić information content (AvgIpc) is 3.26. The summed E-state index contributed by atoms with van der Waals surface area (Å²) in [4.78, 5) is 17.1. The van der Waals surface area contributed by atoms with Gasteiger partial charge in [0, 0.05) is 36.3 Å². The number of carbonyl (C=O) groups excluding carboxylic acids is 1. The Hall–Kier alpha value is -2.69. The molecule has 0 radical (unpaired) electrons. The fourth-order valence-electron chi connectivity index (χ4n) is 5.21. The number of anilines is 1. The van der Waals surface area contributed by atoms with Crippen LogP contribution in [0.15, 0.2) is 42.5 Å². The summed E-state index contributed by atoms with van der Waals surface area (Å²) in [5.41, 5.74) is 4.89. The van der Waals surface area contributed by atoms with Crippen molar-refractivity contribution in [2.24, 2.45) is 0 Å². The van der Waals surface area contributed by atoms with Crippen molar-refractivity contribution >= 4 is 11.8 Å². The van der Waals surface area contributed by atoms with Crippen LogP contribution in [0.1, 0.15) is 41.9 Å². The second-order valence-electron chi connectivity index (χ2n) is 7.95. The van der Waals surface area contributed by atoms with E-state index in [1.807, 2.05) is 35.2 Å². The lowest BCUT2D eigenvalue weighted by Gasteiger charge is -2.27. The highest BCUT2D eigenvalue weighted by Gasteiger charge is 2.45. The van der Waals surface area contributed by atoms with E-state index in [9.17, 15) is 4.79 Å². The number of nitrogens with zero attached hydrogens (tertiary/aromatic N) is 2. The Balaban J connectivity index is 1.39. The lowest BCUT2D eigenvalue weighted by Crippen LogP contribution is -2.38. The molecule has 1 saturated carbocycles. The summed E-state index contributed by atoms with van der Waals surface area (Å²) in [5.74, 6) is 1.57. The first-order chi connectivity index (χ1) is 13.8. The van der Waals surface area contributed by atoms with Crippen molar-refractivity contribution in [2.75, 3.05) is 25.1 Å². The van der Waals surface area contributed by atoms with Crippen molar-refractivity contribution in [1.29, 1.82) is 0 Å². The van der Waals surface area contributed by atoms with Crippen LogP contribution in [0, 0.1) is 0 Å². The maximum absolute atomic E-state index is 12.8. The Labute approximate surface area is 165 Å². The van der Waals surface area contributed by atoms with Gasteiger partial charge in [-0.1, -0.05) is 42.8 Å². The fourth-order valence-corrected chi connectivity index (χ4v) is 5.21. The topological polar surface area (TPSA) is 42.0 Å². The summed E-state index contributed by atoms with van der Waals surface area (Å²) in [5, 5.41) is 0. The van der Waals surface area contributed by atoms with E-state index < -0.39 is 0 Å². The number of methoxy groups -OCH3 is 1. The summed E-state index contributed by atoms with van der Waals surface area (Å²) in [6, 6.07) is 14.6. The molecule has 146 valence electrons. The maximum atomic E-state index is 12.8. The Kier molecular flexibility index (Phi) is 4.38. The van der Waals surface area contributed by atoms with Gasteiger partial charge in [-0.2, -0.15) is 0 Å². The first-order valence-electron chi connectivity index (χ1n) is 10.2. The van der Waals surface area contributed by atoms with E-state index in [2.05, 4.69) is 17.0 Å². The van der Waals surface area contributed by atoms with Crippen molar-refractivity contribution in [3.8, 4) is 5.75 Å². The van der Waals surface area contributed by atoms with Gasteiger partial charge in [-0.05, 0) is 30.0 Å². The van der Waals surface area contributed by atoms with Gasteiger partial charge in [-0.15, -0.1) is 0 Å². The number of amides is 1. The SMILES string of the molecule is COc1ccc2c3c1C1CCCC1N3CCN(C(=O)OCc1ccccc1)C2. The molecule has 0 N–H and O–H groups in total. The average molecular weight is 378 g/mol. The second-order valence-corrected chi connectivity index (χ2v) is 7.95. The van der Waals surface area contributed by atoms with Gasteiger partial charge in [-0.3, -0.25) is 0 Å². The van der Waals surface area contributed by atoms with Crippen LogP contribution in [0.2, 0.25) is 0 Å². The van der Waals surface area contributed by atoms with E-state index in [0.29, 0.717) is 31.7 Å². The zero-order valence-electron chi connectivity index (χ0n) is 16.3. The van der Waals surface area contributed by atoms with Gasteiger partial charge in [0.2, 0.25) is 0 Å². The molecule has 1 amide bonds. The van der Waals surface area contributed by atoms with Crippen LogP contribution in [0.25, 0.3) is 0 Å². The number of ether oxygens (including phenoxy) is 2. The molecule has 2 atom stereocenters. The molecule has 2 aromatic carbocycles. The first-order valence-corrected chi connectivity index (χ1v) is 10.2. The first kappa shape index (κ1) is 17.4. The van der Waals surface area contributed by atoms with E-state index in [1.54, 1.807) is 7.11 Å². The van der Waals surface area contributed by atoms with Crippen LogP contribution in [-0.2, 0) is 17.9 Å². The summed E-state index contributed by atoms with van der Waals surface area (Å²) in [7, 11) is 1.76. The standard InChI is InChI=1S/C23H26N2O3/c1-27-20-11-10-17-14-24(23(26)28-15-16-6-3-2-4-7-16)12-13-25-19-9-5-8-18(19)21(20)22(17)25/h2-4,6-7,10-11,18-19H,5,8-9,12-15H2,1H3. The molecule has 5 rings (SSSR count). The molecule has 3 aliphatic rings. The largest absolute Gasteiger partial charge is 0.496 e. The Bertz CT molecular complexity index is 883. The van der Waals surface area contributed by atoms with Crippen LogP contribution < -0.4 is 9.64 Å². The van der Waals surface area contributed by atoms with Gasteiger partial charge in [0.15, 0.2) is 0 Å². The van der Waals surface area contributed by atoms with Crippen LogP contribution >= 0.6 is 0 Å². The normalized spacial score (nSPS) is 22.5. The number of benzene rings is 2. The molecule has 1 fully saturated rings. The number of rotatable bonds is 3. The number of hydrogen-bond acceptors (Lipinski definition) is 4. The lowest BCUT2D eigenvalue weighted by molar-refractivity contribution is 0.0952. The fraction of sp³-hybridized carbons (Fsp3) is 0.435. The molecule has 0 aromatic heterocycles. The van der Waals surface area contributed by atoms with Gasteiger partial charge >= 0.3 is 6.09 Å². The molecular formula is C23H26N2O3. The number of carbonyl (C=O) groups is 1. The van der Waals surface area contributed by atoms with Crippen molar-refractivity contribution in [3.05, 3.63) is 59.2 Å². The third-order valence-corrected chi connectivity index (χ3v) is 6.45. The minimum Gasteiger partial charge on any atom is -0.496 e. The Morgan fingerprint density at radius 1 is 1.11 bits per heavy atom. The molecule has 2 aromatic rings. The molecular weight excluding hydrogens is 352 g/mol. The highest BCUT2D eigenvalue weighted by Crippen LogP contribution is 2.54. The quantitative estimate of drug-likeness (QED) is 0.798. The minimum absolute atomic E-state index is 0.238. The van der Waals surface area contributed by atoms with Gasteiger partial charge in [0.05, 0.1) is 13.7 Å². The van der Waals surface area contributed by atoms with E-state index in [0.717, 1.165) is 17.9 Å². The monoisotopic (exact) mass is 378 g/mol. The summed E-state index contributed by atoms with van der Waals surface area (Å²) in [6.45, 7) is 2.45. The van der Waals surface area contributed by atoms with Crippen molar-refractivity contribution in [1.82, 2.24) is 4.90 Å². The Morgan fingerprint density at radius 2 is 1.96 bits per heavy atom. The molecule has 5 heteroatoms. The van der Waals surface area contributed by atoms with E-state index in [4.69, 9.17) is 9.47 Å². The molecule has 0 spiro atoms.